The molecular formula is C21H19F4N7O. The maximum Gasteiger partial charge on any atom is 0.397 e. The van der Waals surface area contributed by atoms with Crippen molar-refractivity contribution in [3.63, 3.8) is 0 Å². The summed E-state index contributed by atoms with van der Waals surface area (Å²) in [4.78, 5) is 1.62. The van der Waals surface area contributed by atoms with Gasteiger partial charge in [0, 0.05) is 25.9 Å². The molecule has 0 amide bonds. The molecule has 172 valence electrons. The predicted octanol–water partition coefficient (Wildman–Crippen LogP) is 2.85. The molecular weight excluding hydrogens is 442 g/mol. The third-order valence-corrected chi connectivity index (χ3v) is 7.46. The molecule has 2 aliphatic heterocycles. The maximum atomic E-state index is 15.3. The average molecular weight is 461 g/mol. The molecule has 2 saturated heterocycles. The summed E-state index contributed by atoms with van der Waals surface area (Å²) in [7, 11) is 0. The van der Waals surface area contributed by atoms with Crippen molar-refractivity contribution in [1.82, 2.24) is 25.1 Å². The Labute approximate surface area is 185 Å². The number of hydrogen-bond donors (Lipinski definition) is 1. The van der Waals surface area contributed by atoms with Crippen molar-refractivity contribution >= 4 is 11.2 Å². The largest absolute Gasteiger partial charge is 0.421 e. The van der Waals surface area contributed by atoms with Crippen LogP contribution in [0.5, 0.6) is 0 Å². The van der Waals surface area contributed by atoms with Crippen LogP contribution in [0, 0.1) is 16.7 Å². The van der Waals surface area contributed by atoms with Crippen molar-refractivity contribution in [2.45, 2.75) is 36.5 Å². The van der Waals surface area contributed by atoms with Gasteiger partial charge in [0.05, 0.1) is 22.8 Å². The molecule has 0 aromatic carbocycles. The second-order valence-electron chi connectivity index (χ2n) is 9.17. The number of halogens is 4. The lowest BCUT2D eigenvalue weighted by Crippen LogP contribution is -2.37. The van der Waals surface area contributed by atoms with Crippen LogP contribution in [0.4, 0.5) is 23.2 Å². The van der Waals surface area contributed by atoms with Gasteiger partial charge in [0.25, 0.3) is 5.89 Å². The fourth-order valence-electron chi connectivity index (χ4n) is 5.56. The monoisotopic (exact) mass is 461 g/mol. The van der Waals surface area contributed by atoms with Crippen LogP contribution >= 0.6 is 0 Å². The first-order valence-corrected chi connectivity index (χ1v) is 10.7. The van der Waals surface area contributed by atoms with Gasteiger partial charge in [-0.15, -0.1) is 10.2 Å². The Hall–Kier alpha value is -3.20. The molecule has 5 heterocycles. The van der Waals surface area contributed by atoms with E-state index >= 15 is 4.39 Å². The zero-order valence-electron chi connectivity index (χ0n) is 17.4. The molecule has 1 N–H and O–H groups in total. The lowest BCUT2D eigenvalue weighted by Gasteiger charge is -2.26. The van der Waals surface area contributed by atoms with E-state index in [9.17, 15) is 18.4 Å². The number of aromatic nitrogens is 4. The topological polar surface area (TPSA) is 95.3 Å². The molecule has 1 aliphatic carbocycles. The first-order valence-electron chi connectivity index (χ1n) is 10.7. The van der Waals surface area contributed by atoms with Crippen LogP contribution in [0.25, 0.3) is 5.52 Å². The van der Waals surface area contributed by atoms with Gasteiger partial charge in [-0.25, -0.2) is 8.91 Å². The van der Waals surface area contributed by atoms with Gasteiger partial charge in [0.2, 0.25) is 5.89 Å². The van der Waals surface area contributed by atoms with E-state index in [1.54, 1.807) is 17.0 Å². The van der Waals surface area contributed by atoms with E-state index in [4.69, 9.17) is 4.42 Å². The van der Waals surface area contributed by atoms with Gasteiger partial charge < -0.3 is 14.6 Å². The van der Waals surface area contributed by atoms with Gasteiger partial charge in [0.15, 0.2) is 5.67 Å². The van der Waals surface area contributed by atoms with Crippen LogP contribution in [0.2, 0.25) is 0 Å². The van der Waals surface area contributed by atoms with E-state index in [1.165, 1.54) is 16.8 Å². The van der Waals surface area contributed by atoms with Crippen molar-refractivity contribution in [3.8, 4) is 6.07 Å². The molecule has 3 fully saturated rings. The SMILES string of the molecule is N#Cc1ccc(N2C[C@]3(c4nnc(C5(F)CCNCC5)o4)C[C@]3(C(F)(F)F)C2)c2ccnn12. The molecule has 0 bridgehead atoms. The standard InChI is InChI=1S/C21H19F4N7O/c22-19(4-7-27-8-5-19)17-30-29-16(33-17)18-10-20(18,21(23,24)25)12-31(11-18)14-2-1-13(9-26)32-15(14)3-6-28-32/h1-3,6,27H,4-5,7-8,10-12H2/t18-,20-/m0/s1. The van der Waals surface area contributed by atoms with Crippen LogP contribution in [0.1, 0.15) is 36.7 Å². The van der Waals surface area contributed by atoms with Gasteiger partial charge in [-0.2, -0.15) is 23.5 Å². The second-order valence-corrected chi connectivity index (χ2v) is 9.17. The highest BCUT2D eigenvalue weighted by atomic mass is 19.4. The molecule has 12 heteroatoms. The van der Waals surface area contributed by atoms with E-state index in [0.29, 0.717) is 24.3 Å². The number of piperidine rings is 2. The summed E-state index contributed by atoms with van der Waals surface area (Å²) in [6.45, 7) is 0.548. The zero-order valence-corrected chi connectivity index (χ0v) is 17.4. The molecule has 3 aromatic rings. The summed E-state index contributed by atoms with van der Waals surface area (Å²) in [5.41, 5.74) is -4.00. The number of hydrogen-bond acceptors (Lipinski definition) is 7. The fraction of sp³-hybridized carbons (Fsp3) is 0.524. The summed E-state index contributed by atoms with van der Waals surface area (Å²) in [6, 6.07) is 6.83. The van der Waals surface area contributed by atoms with E-state index in [0.717, 1.165) is 0 Å². The number of fused-ring (bicyclic) bond motifs is 2. The average Bonchev–Trinajstić information content (AvgIpc) is 3.27. The zero-order chi connectivity index (χ0) is 23.1. The minimum absolute atomic E-state index is 0.0122. The molecule has 0 spiro atoms. The summed E-state index contributed by atoms with van der Waals surface area (Å²) >= 11 is 0. The smallest absolute Gasteiger partial charge is 0.397 e. The summed E-state index contributed by atoms with van der Waals surface area (Å²) in [6.07, 6.45) is -2.95. The lowest BCUT2D eigenvalue weighted by molar-refractivity contribution is -0.187. The molecule has 33 heavy (non-hydrogen) atoms. The number of pyridine rings is 1. The molecule has 8 nitrogen and oxygen atoms in total. The van der Waals surface area contributed by atoms with Gasteiger partial charge in [-0.05, 0) is 37.7 Å². The molecule has 3 aromatic heterocycles. The van der Waals surface area contributed by atoms with Crippen LogP contribution in [-0.2, 0) is 11.1 Å². The van der Waals surface area contributed by atoms with Gasteiger partial charge in [0.1, 0.15) is 17.2 Å². The molecule has 6 rings (SSSR count). The molecule has 2 atom stereocenters. The highest BCUT2D eigenvalue weighted by Gasteiger charge is 2.86. The third kappa shape index (κ3) is 2.62. The maximum absolute atomic E-state index is 15.3. The minimum Gasteiger partial charge on any atom is -0.421 e. The third-order valence-electron chi connectivity index (χ3n) is 7.46. The Bertz CT molecular complexity index is 1290. The highest BCUT2D eigenvalue weighted by molar-refractivity contribution is 5.75. The Morgan fingerprint density at radius 3 is 2.58 bits per heavy atom. The Morgan fingerprint density at radius 1 is 1.09 bits per heavy atom. The van der Waals surface area contributed by atoms with Gasteiger partial charge >= 0.3 is 6.18 Å². The lowest BCUT2D eigenvalue weighted by atomic mass is 9.94. The van der Waals surface area contributed by atoms with E-state index in [-0.39, 0.29) is 49.8 Å². The van der Waals surface area contributed by atoms with E-state index in [2.05, 4.69) is 20.6 Å². The minimum atomic E-state index is -4.51. The van der Waals surface area contributed by atoms with E-state index in [1.807, 2.05) is 6.07 Å². The van der Waals surface area contributed by atoms with Crippen molar-refractivity contribution in [2.75, 3.05) is 31.1 Å². The molecule has 0 unspecified atom stereocenters. The van der Waals surface area contributed by atoms with Crippen molar-refractivity contribution in [1.29, 1.82) is 5.26 Å². The van der Waals surface area contributed by atoms with Crippen molar-refractivity contribution in [3.05, 3.63) is 41.9 Å². The number of alkyl halides is 4. The van der Waals surface area contributed by atoms with E-state index < -0.39 is 22.7 Å². The fourth-order valence-corrected chi connectivity index (χ4v) is 5.56. The quantitative estimate of drug-likeness (QED) is 0.600. The Balaban J connectivity index is 1.40. The molecule has 0 radical (unpaired) electrons. The summed E-state index contributed by atoms with van der Waals surface area (Å²) in [5.74, 6) is -0.405. The van der Waals surface area contributed by atoms with Crippen LogP contribution < -0.4 is 10.2 Å². The second kappa shape index (κ2) is 6.44. The Morgan fingerprint density at radius 2 is 1.85 bits per heavy atom. The number of rotatable bonds is 3. The van der Waals surface area contributed by atoms with Gasteiger partial charge in [-0.3, -0.25) is 0 Å². The summed E-state index contributed by atoms with van der Waals surface area (Å²) < 4.78 is 65.4. The number of nitrogens with zero attached hydrogens (tertiary/aromatic N) is 6. The first kappa shape index (κ1) is 20.4. The number of nitriles is 1. The van der Waals surface area contributed by atoms with Crippen LogP contribution in [-0.4, -0.2) is 52.2 Å². The normalized spacial score (nSPS) is 28.6. The highest BCUT2D eigenvalue weighted by Crippen LogP contribution is 2.75. The van der Waals surface area contributed by atoms with Crippen molar-refractivity contribution < 1.29 is 22.0 Å². The summed E-state index contributed by atoms with van der Waals surface area (Å²) in [5, 5.41) is 24.2. The molecule has 1 saturated carbocycles. The predicted molar refractivity (Wildman–Crippen MR) is 106 cm³/mol. The van der Waals surface area contributed by atoms with Crippen LogP contribution in [0.3, 0.4) is 0 Å². The van der Waals surface area contributed by atoms with Crippen LogP contribution in [0.15, 0.2) is 28.8 Å². The van der Waals surface area contributed by atoms with Gasteiger partial charge in [-0.1, -0.05) is 0 Å². The van der Waals surface area contributed by atoms with Crippen molar-refractivity contribution in [2.24, 2.45) is 5.41 Å². The first-order chi connectivity index (χ1) is 15.7. The Kier molecular flexibility index (Phi) is 3.98. The number of nitrogens with one attached hydrogen (secondary N) is 1. The molecule has 3 aliphatic rings. The number of anilines is 1.